The lowest BCUT2D eigenvalue weighted by Gasteiger charge is -2.28. The molecule has 1 amide bonds. The summed E-state index contributed by atoms with van der Waals surface area (Å²) in [5, 5.41) is 2.84. The topological polar surface area (TPSA) is 73.6 Å². The number of carbonyl (C=O) groups excluding carboxylic acids is 1. The maximum absolute atomic E-state index is 11.6. The summed E-state index contributed by atoms with van der Waals surface area (Å²) in [5.41, 5.74) is 5.47. The van der Waals surface area contributed by atoms with Gasteiger partial charge in [0.1, 0.15) is 0 Å². The Bertz CT molecular complexity index is 263. The van der Waals surface area contributed by atoms with Crippen molar-refractivity contribution < 1.29 is 14.3 Å². The molecule has 1 saturated carbocycles. The second-order valence-electron chi connectivity index (χ2n) is 5.32. The summed E-state index contributed by atoms with van der Waals surface area (Å²) in [5.74, 6) is 0.608. The van der Waals surface area contributed by atoms with E-state index >= 15 is 0 Å². The van der Waals surface area contributed by atoms with Gasteiger partial charge in [0.2, 0.25) is 5.91 Å². The van der Waals surface area contributed by atoms with Crippen molar-refractivity contribution in [3.05, 3.63) is 0 Å². The molecule has 0 saturated heterocycles. The Morgan fingerprint density at radius 3 is 2.70 bits per heavy atom. The van der Waals surface area contributed by atoms with Crippen LogP contribution >= 0.6 is 12.4 Å². The maximum atomic E-state index is 11.6. The molecule has 3 N–H and O–H groups in total. The first kappa shape index (κ1) is 19.6. The quantitative estimate of drug-likeness (QED) is 0.666. The lowest BCUT2D eigenvalue weighted by Crippen LogP contribution is -2.35. The van der Waals surface area contributed by atoms with Crippen LogP contribution < -0.4 is 11.1 Å². The Balaban J connectivity index is 0.00000361. The third-order valence-electron chi connectivity index (χ3n) is 3.80. The maximum Gasteiger partial charge on any atom is 0.222 e. The van der Waals surface area contributed by atoms with Crippen LogP contribution in [-0.2, 0) is 14.3 Å². The van der Waals surface area contributed by atoms with E-state index in [1.165, 1.54) is 19.3 Å². The number of methoxy groups -OCH3 is 1. The summed E-state index contributed by atoms with van der Waals surface area (Å²) < 4.78 is 10.9. The number of ether oxygens (including phenoxy) is 2. The average molecular weight is 309 g/mol. The molecule has 0 radical (unpaired) electrons. The van der Waals surface area contributed by atoms with E-state index in [0.29, 0.717) is 38.1 Å². The normalized spacial score (nSPS) is 23.8. The van der Waals surface area contributed by atoms with Crippen LogP contribution in [0, 0.1) is 5.92 Å². The van der Waals surface area contributed by atoms with Crippen molar-refractivity contribution in [3.8, 4) is 0 Å². The Hall–Kier alpha value is -0.360. The minimum atomic E-state index is -0.195. The summed E-state index contributed by atoms with van der Waals surface area (Å²) in [6.45, 7) is 3.75. The molecule has 6 heteroatoms. The van der Waals surface area contributed by atoms with Crippen molar-refractivity contribution in [1.82, 2.24) is 5.32 Å². The molecule has 20 heavy (non-hydrogen) atoms. The van der Waals surface area contributed by atoms with E-state index in [0.717, 1.165) is 6.42 Å². The number of hydrogen-bond donors (Lipinski definition) is 2. The Labute approximate surface area is 128 Å². The van der Waals surface area contributed by atoms with Crippen LogP contribution in [-0.4, -0.2) is 44.9 Å². The second-order valence-corrected chi connectivity index (χ2v) is 5.32. The Kier molecular flexibility index (Phi) is 11.1. The van der Waals surface area contributed by atoms with Crippen LogP contribution in [0.2, 0.25) is 0 Å². The van der Waals surface area contributed by atoms with Gasteiger partial charge in [0.25, 0.3) is 0 Å². The first-order valence-electron chi connectivity index (χ1n) is 7.28. The smallest absolute Gasteiger partial charge is 0.222 e. The highest BCUT2D eigenvalue weighted by molar-refractivity contribution is 5.85. The van der Waals surface area contributed by atoms with Gasteiger partial charge in [0.15, 0.2) is 0 Å². The first-order valence-corrected chi connectivity index (χ1v) is 7.28. The molecule has 1 fully saturated rings. The van der Waals surface area contributed by atoms with E-state index in [2.05, 4.69) is 12.2 Å². The standard InChI is InChI=1S/C14H28N2O3.ClH/c1-11-5-3-4-6-13(11)19-8-7-16-14(17)9-12(10-15)18-2;/h11-13H,3-10,15H2,1-2H3,(H,16,17);1H. The van der Waals surface area contributed by atoms with Gasteiger partial charge in [-0.2, -0.15) is 0 Å². The van der Waals surface area contributed by atoms with Gasteiger partial charge in [0.05, 0.1) is 25.2 Å². The molecule has 1 aliphatic carbocycles. The zero-order valence-corrected chi connectivity index (χ0v) is 13.4. The van der Waals surface area contributed by atoms with Crippen LogP contribution in [0.3, 0.4) is 0 Å². The number of halogens is 1. The third-order valence-corrected chi connectivity index (χ3v) is 3.80. The molecule has 5 nitrogen and oxygen atoms in total. The summed E-state index contributed by atoms with van der Waals surface area (Å²) in [6, 6.07) is 0. The van der Waals surface area contributed by atoms with Gasteiger partial charge >= 0.3 is 0 Å². The highest BCUT2D eigenvalue weighted by Gasteiger charge is 2.21. The zero-order chi connectivity index (χ0) is 14.1. The predicted molar refractivity (Wildman–Crippen MR) is 82.1 cm³/mol. The predicted octanol–water partition coefficient (Wildman–Crippen LogP) is 1.48. The molecule has 0 bridgehead atoms. The summed E-state index contributed by atoms with van der Waals surface area (Å²) in [7, 11) is 1.57. The molecule has 0 aromatic rings. The van der Waals surface area contributed by atoms with Crippen LogP contribution in [0.1, 0.15) is 39.0 Å². The highest BCUT2D eigenvalue weighted by Crippen LogP contribution is 2.25. The monoisotopic (exact) mass is 308 g/mol. The number of carbonyl (C=O) groups is 1. The summed E-state index contributed by atoms with van der Waals surface area (Å²) in [4.78, 5) is 11.6. The van der Waals surface area contributed by atoms with E-state index in [9.17, 15) is 4.79 Å². The first-order chi connectivity index (χ1) is 9.17. The highest BCUT2D eigenvalue weighted by atomic mass is 35.5. The Morgan fingerprint density at radius 2 is 2.10 bits per heavy atom. The van der Waals surface area contributed by atoms with Gasteiger partial charge in [-0.05, 0) is 18.8 Å². The third kappa shape index (κ3) is 7.43. The van der Waals surface area contributed by atoms with Crippen LogP contribution in [0.15, 0.2) is 0 Å². The number of amides is 1. The van der Waals surface area contributed by atoms with Gasteiger partial charge < -0.3 is 20.5 Å². The number of rotatable bonds is 8. The minimum absolute atomic E-state index is 0. The fourth-order valence-corrected chi connectivity index (χ4v) is 2.47. The van der Waals surface area contributed by atoms with Gasteiger partial charge in [-0.3, -0.25) is 4.79 Å². The van der Waals surface area contributed by atoms with Gasteiger partial charge in [-0.15, -0.1) is 12.4 Å². The van der Waals surface area contributed by atoms with E-state index in [1.807, 2.05) is 0 Å². The van der Waals surface area contributed by atoms with Gasteiger partial charge in [-0.1, -0.05) is 19.8 Å². The van der Waals surface area contributed by atoms with Crippen molar-refractivity contribution in [3.63, 3.8) is 0 Å². The zero-order valence-electron chi connectivity index (χ0n) is 12.6. The SMILES string of the molecule is COC(CN)CC(=O)NCCOC1CCCCC1C.Cl. The van der Waals surface area contributed by atoms with Gasteiger partial charge in [-0.25, -0.2) is 0 Å². The lowest BCUT2D eigenvalue weighted by molar-refractivity contribution is -0.123. The Morgan fingerprint density at radius 1 is 1.40 bits per heavy atom. The largest absolute Gasteiger partial charge is 0.380 e. The molecule has 0 aromatic carbocycles. The lowest BCUT2D eigenvalue weighted by atomic mass is 9.88. The van der Waals surface area contributed by atoms with Crippen LogP contribution in [0.5, 0.6) is 0 Å². The average Bonchev–Trinajstić information content (AvgIpc) is 2.42. The van der Waals surface area contributed by atoms with Gasteiger partial charge in [0, 0.05) is 20.2 Å². The minimum Gasteiger partial charge on any atom is -0.380 e. The molecular weight excluding hydrogens is 280 g/mol. The fourth-order valence-electron chi connectivity index (χ4n) is 2.47. The summed E-state index contributed by atoms with van der Waals surface area (Å²) >= 11 is 0. The molecular formula is C14H29ClN2O3. The molecule has 3 atom stereocenters. The number of nitrogens with two attached hydrogens (primary N) is 1. The molecule has 0 aliphatic heterocycles. The van der Waals surface area contributed by atoms with Crippen LogP contribution in [0.4, 0.5) is 0 Å². The van der Waals surface area contributed by atoms with Crippen molar-refractivity contribution in [2.45, 2.75) is 51.2 Å². The summed E-state index contributed by atoms with van der Waals surface area (Å²) in [6.07, 6.45) is 5.45. The molecule has 1 aliphatic rings. The molecule has 0 spiro atoms. The van der Waals surface area contributed by atoms with E-state index in [4.69, 9.17) is 15.2 Å². The molecule has 0 heterocycles. The van der Waals surface area contributed by atoms with E-state index in [1.54, 1.807) is 7.11 Å². The molecule has 3 unspecified atom stereocenters. The molecule has 1 rings (SSSR count). The van der Waals surface area contributed by atoms with Crippen molar-refractivity contribution >= 4 is 18.3 Å². The number of nitrogens with one attached hydrogen (secondary N) is 1. The van der Waals surface area contributed by atoms with Crippen LogP contribution in [0.25, 0.3) is 0 Å². The molecule has 120 valence electrons. The second kappa shape index (κ2) is 11.3. The van der Waals surface area contributed by atoms with E-state index in [-0.39, 0.29) is 24.4 Å². The van der Waals surface area contributed by atoms with Crippen molar-refractivity contribution in [2.75, 3.05) is 26.8 Å². The fraction of sp³-hybridized carbons (Fsp3) is 0.929. The van der Waals surface area contributed by atoms with Crippen molar-refractivity contribution in [1.29, 1.82) is 0 Å². The van der Waals surface area contributed by atoms with Crippen molar-refractivity contribution in [2.24, 2.45) is 11.7 Å². The molecule has 0 aromatic heterocycles. The number of hydrogen-bond acceptors (Lipinski definition) is 4. The van der Waals surface area contributed by atoms with E-state index < -0.39 is 0 Å².